The van der Waals surface area contributed by atoms with Crippen molar-refractivity contribution in [1.29, 1.82) is 0 Å². The number of hydrogen-bond donors (Lipinski definition) is 3. The number of hydrogen-bond acceptors (Lipinski definition) is 6. The Balaban J connectivity index is 1.64. The van der Waals surface area contributed by atoms with Crippen molar-refractivity contribution in [2.75, 3.05) is 32.5 Å². The van der Waals surface area contributed by atoms with Crippen LogP contribution in [0.3, 0.4) is 0 Å². The number of amides is 1. The van der Waals surface area contributed by atoms with Crippen LogP contribution >= 0.6 is 0 Å². The van der Waals surface area contributed by atoms with Crippen LogP contribution in [0, 0.1) is 0 Å². The summed E-state index contributed by atoms with van der Waals surface area (Å²) in [6, 6.07) is 0. The highest BCUT2D eigenvalue weighted by molar-refractivity contribution is 5.95. The fourth-order valence-corrected chi connectivity index (χ4v) is 2.96. The molecular formula is C15H21N7O. The lowest BCUT2D eigenvalue weighted by Gasteiger charge is -2.15. The molecule has 1 unspecified atom stereocenters. The van der Waals surface area contributed by atoms with Crippen LogP contribution in [0.15, 0.2) is 18.6 Å². The third-order valence-corrected chi connectivity index (χ3v) is 4.16. The number of carbonyl (C=O) groups excluding carboxylic acids is 1. The summed E-state index contributed by atoms with van der Waals surface area (Å²) in [4.78, 5) is 22.7. The molecule has 0 radical (unpaired) electrons. The summed E-state index contributed by atoms with van der Waals surface area (Å²) in [7, 11) is 3.43. The molecule has 8 heteroatoms. The van der Waals surface area contributed by atoms with Crippen LogP contribution in [0.5, 0.6) is 0 Å². The highest BCUT2D eigenvalue weighted by Gasteiger charge is 2.28. The van der Waals surface area contributed by atoms with E-state index in [-0.39, 0.29) is 5.91 Å². The predicted octanol–water partition coefficient (Wildman–Crippen LogP) is 0.590. The lowest BCUT2D eigenvalue weighted by molar-refractivity contribution is 0.0961. The third-order valence-electron chi connectivity index (χ3n) is 4.16. The monoisotopic (exact) mass is 315 g/mol. The van der Waals surface area contributed by atoms with Gasteiger partial charge >= 0.3 is 0 Å². The van der Waals surface area contributed by atoms with Gasteiger partial charge in [0.2, 0.25) is 5.95 Å². The fraction of sp³-hybridized carbons (Fsp3) is 0.467. The third kappa shape index (κ3) is 3.31. The van der Waals surface area contributed by atoms with Crippen LogP contribution < -0.4 is 10.6 Å². The first-order valence-corrected chi connectivity index (χ1v) is 7.67. The molecule has 1 saturated heterocycles. The Hall–Kier alpha value is -2.48. The van der Waals surface area contributed by atoms with E-state index in [9.17, 15) is 4.79 Å². The standard InChI is InChI=1S/C15H21N7O/c1-16-14(23)12-7-20-21-13(12)11-3-4-22(9-11)8-10-5-18-15(17-2)19-6-10/h5-7,11H,3-4,8-9H2,1-2H3,(H,16,23)(H,20,21)(H,17,18,19). The molecule has 0 aliphatic carbocycles. The molecule has 122 valence electrons. The average Bonchev–Trinajstić information content (AvgIpc) is 3.23. The number of likely N-dealkylation sites (tertiary alicyclic amines) is 1. The number of aromatic amines is 1. The molecule has 1 aliphatic heterocycles. The largest absolute Gasteiger partial charge is 0.357 e. The molecule has 1 amide bonds. The maximum absolute atomic E-state index is 11.9. The lowest BCUT2D eigenvalue weighted by Crippen LogP contribution is -2.22. The molecule has 2 aromatic heterocycles. The van der Waals surface area contributed by atoms with Crippen LogP contribution in [0.4, 0.5) is 5.95 Å². The van der Waals surface area contributed by atoms with Crippen LogP contribution in [-0.4, -0.2) is 58.2 Å². The molecule has 0 saturated carbocycles. The van der Waals surface area contributed by atoms with E-state index in [0.29, 0.717) is 17.4 Å². The van der Waals surface area contributed by atoms with E-state index in [4.69, 9.17) is 0 Å². The molecule has 3 N–H and O–H groups in total. The van der Waals surface area contributed by atoms with Gasteiger partial charge in [-0.3, -0.25) is 14.8 Å². The maximum atomic E-state index is 11.9. The van der Waals surface area contributed by atoms with Crippen molar-refractivity contribution in [3.05, 3.63) is 35.4 Å². The van der Waals surface area contributed by atoms with Crippen LogP contribution in [-0.2, 0) is 6.54 Å². The van der Waals surface area contributed by atoms with Crippen molar-refractivity contribution in [2.45, 2.75) is 18.9 Å². The number of aromatic nitrogens is 4. The number of H-pyrrole nitrogens is 1. The smallest absolute Gasteiger partial charge is 0.254 e. The first-order chi connectivity index (χ1) is 11.2. The molecule has 2 aromatic rings. The number of nitrogens with one attached hydrogen (secondary N) is 3. The quantitative estimate of drug-likeness (QED) is 0.747. The second-order valence-electron chi connectivity index (χ2n) is 5.66. The topological polar surface area (TPSA) is 98.8 Å². The van der Waals surface area contributed by atoms with Crippen LogP contribution in [0.2, 0.25) is 0 Å². The summed E-state index contributed by atoms with van der Waals surface area (Å²) < 4.78 is 0. The first-order valence-electron chi connectivity index (χ1n) is 7.67. The molecule has 1 atom stereocenters. The van der Waals surface area contributed by atoms with Crippen molar-refractivity contribution in [1.82, 2.24) is 30.4 Å². The predicted molar refractivity (Wildman–Crippen MR) is 86.2 cm³/mol. The van der Waals surface area contributed by atoms with Crippen molar-refractivity contribution < 1.29 is 4.79 Å². The van der Waals surface area contributed by atoms with Crippen molar-refractivity contribution in [3.63, 3.8) is 0 Å². The lowest BCUT2D eigenvalue weighted by atomic mass is 10.0. The molecule has 0 aromatic carbocycles. The molecule has 0 bridgehead atoms. The van der Waals surface area contributed by atoms with E-state index in [1.54, 1.807) is 20.3 Å². The maximum Gasteiger partial charge on any atom is 0.254 e. The van der Waals surface area contributed by atoms with E-state index < -0.39 is 0 Å². The number of anilines is 1. The summed E-state index contributed by atoms with van der Waals surface area (Å²) in [5.41, 5.74) is 2.65. The van der Waals surface area contributed by atoms with Gasteiger partial charge in [-0.15, -0.1) is 0 Å². The van der Waals surface area contributed by atoms with Crippen molar-refractivity contribution in [2.24, 2.45) is 0 Å². The Labute approximate surface area is 134 Å². The summed E-state index contributed by atoms with van der Waals surface area (Å²) in [6.45, 7) is 2.68. The molecule has 23 heavy (non-hydrogen) atoms. The van der Waals surface area contributed by atoms with Gasteiger partial charge in [0.1, 0.15) is 0 Å². The van der Waals surface area contributed by atoms with Gasteiger partial charge in [0.05, 0.1) is 17.5 Å². The Morgan fingerprint density at radius 3 is 2.83 bits per heavy atom. The fourth-order valence-electron chi connectivity index (χ4n) is 2.96. The zero-order valence-corrected chi connectivity index (χ0v) is 13.3. The van der Waals surface area contributed by atoms with Crippen LogP contribution in [0.25, 0.3) is 0 Å². The summed E-state index contributed by atoms with van der Waals surface area (Å²) >= 11 is 0. The molecule has 0 spiro atoms. The Morgan fingerprint density at radius 1 is 1.35 bits per heavy atom. The molecule has 1 aliphatic rings. The van der Waals surface area contributed by atoms with Gasteiger partial charge in [0, 0.05) is 51.1 Å². The second kappa shape index (κ2) is 6.74. The van der Waals surface area contributed by atoms with Crippen molar-refractivity contribution in [3.8, 4) is 0 Å². The van der Waals surface area contributed by atoms with Crippen molar-refractivity contribution >= 4 is 11.9 Å². The van der Waals surface area contributed by atoms with Gasteiger partial charge in [-0.1, -0.05) is 0 Å². The van der Waals surface area contributed by atoms with Gasteiger partial charge in [0.15, 0.2) is 0 Å². The Morgan fingerprint density at radius 2 is 2.13 bits per heavy atom. The number of nitrogens with zero attached hydrogens (tertiary/aromatic N) is 4. The molecule has 3 rings (SSSR count). The SMILES string of the molecule is CNC(=O)c1cn[nH]c1C1CCN(Cc2cnc(NC)nc2)C1. The molecule has 8 nitrogen and oxygen atoms in total. The van der Waals surface area contributed by atoms with Gasteiger partial charge in [-0.2, -0.15) is 5.10 Å². The van der Waals surface area contributed by atoms with Gasteiger partial charge in [0.25, 0.3) is 5.91 Å². The summed E-state index contributed by atoms with van der Waals surface area (Å²) in [5.74, 6) is 0.825. The number of rotatable bonds is 5. The van der Waals surface area contributed by atoms with Gasteiger partial charge < -0.3 is 10.6 Å². The van der Waals surface area contributed by atoms with E-state index in [0.717, 1.165) is 37.3 Å². The summed E-state index contributed by atoms with van der Waals surface area (Å²) in [5, 5.41) is 12.6. The second-order valence-corrected chi connectivity index (χ2v) is 5.66. The van der Waals surface area contributed by atoms with E-state index in [2.05, 4.69) is 35.7 Å². The normalized spacial score (nSPS) is 18.1. The highest BCUT2D eigenvalue weighted by atomic mass is 16.1. The Kier molecular flexibility index (Phi) is 4.52. The zero-order chi connectivity index (χ0) is 16.2. The molecule has 1 fully saturated rings. The molecule has 3 heterocycles. The van der Waals surface area contributed by atoms with E-state index in [1.807, 2.05) is 12.4 Å². The van der Waals surface area contributed by atoms with E-state index >= 15 is 0 Å². The van der Waals surface area contributed by atoms with Gasteiger partial charge in [-0.05, 0) is 13.0 Å². The van der Waals surface area contributed by atoms with E-state index in [1.165, 1.54) is 0 Å². The molecular weight excluding hydrogens is 294 g/mol. The minimum atomic E-state index is -0.0942. The van der Waals surface area contributed by atoms with Gasteiger partial charge in [-0.25, -0.2) is 9.97 Å². The zero-order valence-electron chi connectivity index (χ0n) is 13.3. The first kappa shape index (κ1) is 15.4. The summed E-state index contributed by atoms with van der Waals surface area (Å²) in [6.07, 6.45) is 6.29. The Bertz CT molecular complexity index is 667. The van der Waals surface area contributed by atoms with Crippen LogP contribution in [0.1, 0.15) is 34.0 Å². The highest BCUT2D eigenvalue weighted by Crippen LogP contribution is 2.28. The average molecular weight is 315 g/mol. The number of carbonyl (C=O) groups is 1. The minimum absolute atomic E-state index is 0.0942. The minimum Gasteiger partial charge on any atom is -0.357 e.